The number of para-hydroxylation sites is 1. The van der Waals surface area contributed by atoms with Crippen molar-refractivity contribution in [3.05, 3.63) is 29.8 Å². The largest absolute Gasteiger partial charge is 1.00 e. The number of rotatable bonds is 2. The van der Waals surface area contributed by atoms with E-state index in [1.165, 1.54) is 0 Å². The Kier molecular flexibility index (Phi) is 5.04. The number of benzene rings is 1. The molecule has 1 aromatic rings. The molecule has 23 heavy (non-hydrogen) atoms. The van der Waals surface area contributed by atoms with E-state index in [0.29, 0.717) is 18.7 Å². The number of hydrogen-bond donors (Lipinski definition) is 2. The standard InChI is InChI=1S/C18H19N3O.BrH/c1-3-11-21(12-4-2)13-9-18(10-14-21)19-16-8-6-5-7-15(16)17(22)20-18;/h1-2,5-8H,9-14H2,(H-,19,20,22);1H. The molecule has 1 spiro atoms. The minimum Gasteiger partial charge on any atom is -1.00 e. The predicted molar refractivity (Wildman–Crippen MR) is 86.9 cm³/mol. The maximum Gasteiger partial charge on any atom is 0.255 e. The lowest BCUT2D eigenvalue weighted by molar-refractivity contribution is -0.920. The van der Waals surface area contributed by atoms with Crippen molar-refractivity contribution in [2.45, 2.75) is 18.5 Å². The highest BCUT2D eigenvalue weighted by atomic mass is 79.9. The van der Waals surface area contributed by atoms with Gasteiger partial charge in [-0.25, -0.2) is 0 Å². The van der Waals surface area contributed by atoms with Crippen LogP contribution >= 0.6 is 0 Å². The molecule has 0 aliphatic carbocycles. The third-order valence-electron chi connectivity index (χ3n) is 4.78. The van der Waals surface area contributed by atoms with Crippen LogP contribution in [0.25, 0.3) is 0 Å². The summed E-state index contributed by atoms with van der Waals surface area (Å²) in [7, 11) is 0. The van der Waals surface area contributed by atoms with Crippen molar-refractivity contribution in [2.75, 3.05) is 31.5 Å². The van der Waals surface area contributed by atoms with Crippen molar-refractivity contribution in [3.63, 3.8) is 0 Å². The number of hydrogen-bond acceptors (Lipinski definition) is 2. The number of likely N-dealkylation sites (tertiary alicyclic amines) is 1. The number of piperidine rings is 1. The van der Waals surface area contributed by atoms with Gasteiger partial charge in [0.2, 0.25) is 0 Å². The number of terminal acetylenes is 2. The molecule has 0 unspecified atom stereocenters. The van der Waals surface area contributed by atoms with Crippen molar-refractivity contribution in [1.82, 2.24) is 5.32 Å². The molecule has 1 fully saturated rings. The van der Waals surface area contributed by atoms with Crippen LogP contribution in [0.3, 0.4) is 0 Å². The second-order valence-electron chi connectivity index (χ2n) is 6.22. The number of halogens is 1. The summed E-state index contributed by atoms with van der Waals surface area (Å²) < 4.78 is 0.744. The third-order valence-corrected chi connectivity index (χ3v) is 4.78. The number of nitrogens with zero attached hydrogens (tertiary/aromatic N) is 1. The van der Waals surface area contributed by atoms with Gasteiger partial charge in [0.15, 0.2) is 0 Å². The Morgan fingerprint density at radius 3 is 2.30 bits per heavy atom. The molecular formula is C18H20BrN3O. The van der Waals surface area contributed by atoms with E-state index in [1.54, 1.807) is 0 Å². The van der Waals surface area contributed by atoms with Gasteiger partial charge >= 0.3 is 0 Å². The molecule has 2 N–H and O–H groups in total. The van der Waals surface area contributed by atoms with Crippen LogP contribution in [0.4, 0.5) is 5.69 Å². The van der Waals surface area contributed by atoms with Crippen molar-refractivity contribution in [1.29, 1.82) is 0 Å². The zero-order chi connectivity index (χ0) is 15.6. The minimum absolute atomic E-state index is 0. The molecular weight excluding hydrogens is 354 g/mol. The number of nitrogens with one attached hydrogen (secondary N) is 2. The molecule has 120 valence electrons. The van der Waals surface area contributed by atoms with Gasteiger partial charge in [-0.3, -0.25) is 4.79 Å². The number of amides is 1. The number of carbonyl (C=O) groups excluding carboxylic acids is 1. The first-order valence-electron chi connectivity index (χ1n) is 7.54. The number of fused-ring (bicyclic) bond motifs is 1. The smallest absolute Gasteiger partial charge is 0.255 e. The highest BCUT2D eigenvalue weighted by molar-refractivity contribution is 6.02. The summed E-state index contributed by atoms with van der Waals surface area (Å²) in [5.41, 5.74) is 1.22. The number of anilines is 1. The Hall–Kier alpha value is -1.95. The van der Waals surface area contributed by atoms with Crippen LogP contribution in [-0.2, 0) is 0 Å². The molecule has 2 aliphatic heterocycles. The first-order chi connectivity index (χ1) is 10.6. The lowest BCUT2D eigenvalue weighted by Crippen LogP contribution is -3.00. The highest BCUT2D eigenvalue weighted by Crippen LogP contribution is 2.33. The minimum atomic E-state index is -0.379. The zero-order valence-corrected chi connectivity index (χ0v) is 14.5. The second kappa shape index (κ2) is 6.66. The fourth-order valence-corrected chi connectivity index (χ4v) is 3.47. The van der Waals surface area contributed by atoms with Gasteiger partial charge in [0.05, 0.1) is 18.7 Å². The maximum absolute atomic E-state index is 12.4. The van der Waals surface area contributed by atoms with E-state index in [0.717, 1.165) is 36.1 Å². The van der Waals surface area contributed by atoms with Gasteiger partial charge in [-0.15, -0.1) is 12.8 Å². The quantitative estimate of drug-likeness (QED) is 0.485. The summed E-state index contributed by atoms with van der Waals surface area (Å²) in [4.78, 5) is 12.4. The molecule has 0 radical (unpaired) electrons. The molecule has 0 bridgehead atoms. The van der Waals surface area contributed by atoms with Crippen LogP contribution in [0.15, 0.2) is 24.3 Å². The average molecular weight is 374 g/mol. The summed E-state index contributed by atoms with van der Waals surface area (Å²) >= 11 is 0. The van der Waals surface area contributed by atoms with Crippen molar-refractivity contribution >= 4 is 11.6 Å². The van der Waals surface area contributed by atoms with E-state index in [9.17, 15) is 4.79 Å². The molecule has 0 aromatic heterocycles. The van der Waals surface area contributed by atoms with Crippen molar-refractivity contribution in [3.8, 4) is 24.7 Å². The molecule has 4 nitrogen and oxygen atoms in total. The molecule has 1 aromatic carbocycles. The average Bonchev–Trinajstić information content (AvgIpc) is 2.51. The van der Waals surface area contributed by atoms with Gasteiger partial charge in [0.25, 0.3) is 5.91 Å². The first kappa shape index (κ1) is 17.4. The molecule has 1 saturated heterocycles. The first-order valence-corrected chi connectivity index (χ1v) is 7.54. The maximum atomic E-state index is 12.4. The normalized spacial score (nSPS) is 20.0. The number of quaternary nitrogens is 1. The third kappa shape index (κ3) is 3.22. The lowest BCUT2D eigenvalue weighted by Gasteiger charge is -2.49. The Balaban J connectivity index is 0.00000192. The summed E-state index contributed by atoms with van der Waals surface area (Å²) in [5.74, 6) is 5.48. The number of carbonyl (C=O) groups is 1. The van der Waals surface area contributed by atoms with E-state index in [1.807, 2.05) is 24.3 Å². The molecule has 0 atom stereocenters. The second-order valence-corrected chi connectivity index (χ2v) is 6.22. The van der Waals surface area contributed by atoms with Crippen LogP contribution in [0.1, 0.15) is 23.2 Å². The summed E-state index contributed by atoms with van der Waals surface area (Å²) in [6.45, 7) is 3.02. The van der Waals surface area contributed by atoms with E-state index in [4.69, 9.17) is 12.8 Å². The topological polar surface area (TPSA) is 41.1 Å². The van der Waals surface area contributed by atoms with E-state index < -0.39 is 0 Å². The molecule has 5 heteroatoms. The van der Waals surface area contributed by atoms with Gasteiger partial charge in [0.1, 0.15) is 18.8 Å². The van der Waals surface area contributed by atoms with Crippen LogP contribution < -0.4 is 27.6 Å². The molecule has 1 amide bonds. The van der Waals surface area contributed by atoms with Crippen molar-refractivity contribution in [2.24, 2.45) is 0 Å². The Bertz CT molecular complexity index is 660. The molecule has 3 rings (SSSR count). The van der Waals surface area contributed by atoms with Crippen LogP contribution in [-0.4, -0.2) is 42.2 Å². The Labute approximate surface area is 148 Å². The monoisotopic (exact) mass is 373 g/mol. The fourth-order valence-electron chi connectivity index (χ4n) is 3.47. The van der Waals surface area contributed by atoms with Gasteiger partial charge in [-0.05, 0) is 24.0 Å². The highest BCUT2D eigenvalue weighted by Gasteiger charge is 2.45. The molecule has 2 aliphatic rings. The Morgan fingerprint density at radius 1 is 1.09 bits per heavy atom. The van der Waals surface area contributed by atoms with Crippen LogP contribution in [0.5, 0.6) is 0 Å². The van der Waals surface area contributed by atoms with Crippen LogP contribution in [0, 0.1) is 24.7 Å². The fraction of sp³-hybridized carbons (Fsp3) is 0.389. The van der Waals surface area contributed by atoms with Gasteiger partial charge < -0.3 is 32.1 Å². The van der Waals surface area contributed by atoms with Crippen LogP contribution in [0.2, 0.25) is 0 Å². The predicted octanol–water partition coefficient (Wildman–Crippen LogP) is -1.58. The van der Waals surface area contributed by atoms with Crippen molar-refractivity contribution < 1.29 is 26.3 Å². The summed E-state index contributed by atoms with van der Waals surface area (Å²) in [6, 6.07) is 7.61. The van der Waals surface area contributed by atoms with Gasteiger partial charge in [0, 0.05) is 18.5 Å². The van der Waals surface area contributed by atoms with E-state index in [-0.39, 0.29) is 28.6 Å². The molecule has 0 saturated carbocycles. The van der Waals surface area contributed by atoms with Gasteiger partial charge in [-0.1, -0.05) is 12.1 Å². The van der Waals surface area contributed by atoms with E-state index >= 15 is 0 Å². The lowest BCUT2D eigenvalue weighted by atomic mass is 9.90. The SMILES string of the molecule is C#CC[N+]1(CC#C)CCC2(CC1)NC(=O)c1ccccc1N2.[Br-]. The Morgan fingerprint density at radius 2 is 1.70 bits per heavy atom. The zero-order valence-electron chi connectivity index (χ0n) is 12.9. The van der Waals surface area contributed by atoms with Gasteiger partial charge in [-0.2, -0.15) is 0 Å². The summed E-state index contributed by atoms with van der Waals surface area (Å²) in [5, 5.41) is 6.67. The molecule has 2 heterocycles. The van der Waals surface area contributed by atoms with E-state index in [2.05, 4.69) is 22.5 Å². The summed E-state index contributed by atoms with van der Waals surface area (Å²) in [6.07, 6.45) is 12.7.